The second kappa shape index (κ2) is 8.44. The summed E-state index contributed by atoms with van der Waals surface area (Å²) >= 11 is 1.63. The van der Waals surface area contributed by atoms with Crippen molar-refractivity contribution in [2.45, 2.75) is 32.9 Å². The number of para-hydroxylation sites is 1. The predicted molar refractivity (Wildman–Crippen MR) is 102 cm³/mol. The summed E-state index contributed by atoms with van der Waals surface area (Å²) in [4.78, 5) is 11.8. The van der Waals surface area contributed by atoms with Gasteiger partial charge in [0, 0.05) is 36.8 Å². The number of guanidine groups is 1. The lowest BCUT2D eigenvalue weighted by Crippen LogP contribution is -2.44. The van der Waals surface area contributed by atoms with Crippen molar-refractivity contribution < 1.29 is 8.78 Å². The molecule has 5 nitrogen and oxygen atoms in total. The van der Waals surface area contributed by atoms with Gasteiger partial charge in [0.05, 0.1) is 6.54 Å². The summed E-state index contributed by atoms with van der Waals surface area (Å²) in [6, 6.07) is 4.04. The number of nitrogens with zero attached hydrogens (tertiary/aromatic N) is 3. The molecule has 1 saturated heterocycles. The lowest BCUT2D eigenvalue weighted by molar-refractivity contribution is 0.576. The molecule has 1 aromatic carbocycles. The lowest BCUT2D eigenvalue weighted by atomic mass is 10.2. The van der Waals surface area contributed by atoms with Crippen molar-refractivity contribution >= 4 is 23.0 Å². The van der Waals surface area contributed by atoms with Crippen LogP contribution in [-0.2, 0) is 6.54 Å². The Hall–Kier alpha value is -2.22. The third-order valence-electron chi connectivity index (χ3n) is 4.17. The van der Waals surface area contributed by atoms with Crippen LogP contribution in [0.1, 0.15) is 23.2 Å². The van der Waals surface area contributed by atoms with Gasteiger partial charge >= 0.3 is 0 Å². The van der Waals surface area contributed by atoms with Crippen LogP contribution in [0.5, 0.6) is 0 Å². The van der Waals surface area contributed by atoms with Crippen LogP contribution in [0, 0.1) is 18.6 Å². The summed E-state index contributed by atoms with van der Waals surface area (Å²) < 4.78 is 28.0. The molecule has 1 aliphatic heterocycles. The van der Waals surface area contributed by atoms with Crippen molar-refractivity contribution in [2.75, 3.05) is 24.5 Å². The summed E-state index contributed by atoms with van der Waals surface area (Å²) in [5.74, 6) is -0.350. The van der Waals surface area contributed by atoms with Gasteiger partial charge < -0.3 is 15.5 Å². The number of aliphatic imine (C=N–C) groups is 1. The summed E-state index contributed by atoms with van der Waals surface area (Å²) in [7, 11) is 0. The molecular formula is C18H23F2N5S. The average Bonchev–Trinajstić information content (AvgIpc) is 3.22. The number of aryl methyl sites for hydroxylation is 1. The summed E-state index contributed by atoms with van der Waals surface area (Å²) in [6.45, 7) is 6.39. The van der Waals surface area contributed by atoms with Crippen LogP contribution in [0.4, 0.5) is 14.5 Å². The van der Waals surface area contributed by atoms with E-state index in [0.717, 1.165) is 22.9 Å². The molecule has 0 spiro atoms. The highest BCUT2D eigenvalue weighted by atomic mass is 32.1. The Kier molecular flexibility index (Phi) is 6.03. The van der Waals surface area contributed by atoms with E-state index in [0.29, 0.717) is 25.6 Å². The molecule has 1 atom stereocenters. The lowest BCUT2D eigenvalue weighted by Gasteiger charge is -2.21. The van der Waals surface area contributed by atoms with Gasteiger partial charge in [-0.15, -0.1) is 11.3 Å². The average molecular weight is 379 g/mol. The van der Waals surface area contributed by atoms with Gasteiger partial charge in [0.25, 0.3) is 0 Å². The first-order chi connectivity index (χ1) is 12.6. The number of aromatic nitrogens is 1. The number of rotatable bonds is 5. The Morgan fingerprint density at radius 1 is 1.38 bits per heavy atom. The SMILES string of the molecule is CCNC(=NCc1ncc(C)s1)NC1CCN(c2c(F)cccc2F)C1. The van der Waals surface area contributed by atoms with Gasteiger partial charge in [0.15, 0.2) is 5.96 Å². The Bertz CT molecular complexity index is 756. The van der Waals surface area contributed by atoms with E-state index >= 15 is 0 Å². The molecule has 2 N–H and O–H groups in total. The first-order valence-corrected chi connectivity index (χ1v) is 9.53. The van der Waals surface area contributed by atoms with Crippen molar-refractivity contribution in [3.8, 4) is 0 Å². The molecule has 1 unspecified atom stereocenters. The molecule has 0 bridgehead atoms. The molecule has 2 heterocycles. The minimum absolute atomic E-state index is 0.0528. The Morgan fingerprint density at radius 2 is 2.15 bits per heavy atom. The van der Waals surface area contributed by atoms with E-state index in [1.54, 1.807) is 16.2 Å². The fourth-order valence-electron chi connectivity index (χ4n) is 3.01. The third-order valence-corrected chi connectivity index (χ3v) is 5.07. The maximum atomic E-state index is 14.0. The zero-order valence-corrected chi connectivity index (χ0v) is 15.7. The molecule has 8 heteroatoms. The molecule has 3 rings (SSSR count). The number of nitrogens with one attached hydrogen (secondary N) is 2. The zero-order chi connectivity index (χ0) is 18.5. The maximum Gasteiger partial charge on any atom is 0.191 e. The number of hydrogen-bond acceptors (Lipinski definition) is 4. The minimum Gasteiger partial charge on any atom is -0.365 e. The second-order valence-electron chi connectivity index (χ2n) is 6.21. The largest absolute Gasteiger partial charge is 0.365 e. The molecule has 140 valence electrons. The Labute approximate surface area is 156 Å². The zero-order valence-electron chi connectivity index (χ0n) is 14.9. The van der Waals surface area contributed by atoms with E-state index < -0.39 is 11.6 Å². The van der Waals surface area contributed by atoms with E-state index in [4.69, 9.17) is 0 Å². The molecule has 0 saturated carbocycles. The maximum absolute atomic E-state index is 14.0. The van der Waals surface area contributed by atoms with E-state index in [1.165, 1.54) is 18.2 Å². The standard InChI is InChI=1S/C18H23F2N5S/c1-3-21-18(23-10-16-22-9-12(2)26-16)24-13-7-8-25(11-13)17-14(19)5-4-6-15(17)20/h4-6,9,13H,3,7-8,10-11H2,1-2H3,(H2,21,23,24). The van der Waals surface area contributed by atoms with Gasteiger partial charge in [0.1, 0.15) is 22.3 Å². The van der Waals surface area contributed by atoms with Gasteiger partial charge in [-0.2, -0.15) is 0 Å². The minimum atomic E-state index is -0.523. The van der Waals surface area contributed by atoms with Gasteiger partial charge in [-0.1, -0.05) is 6.07 Å². The summed E-state index contributed by atoms with van der Waals surface area (Å²) in [5, 5.41) is 7.53. The highest BCUT2D eigenvalue weighted by molar-refractivity contribution is 7.11. The summed E-state index contributed by atoms with van der Waals surface area (Å²) in [5.41, 5.74) is 0.0528. The monoisotopic (exact) mass is 379 g/mol. The number of benzene rings is 1. The topological polar surface area (TPSA) is 52.6 Å². The molecule has 0 amide bonds. The Morgan fingerprint density at radius 3 is 2.81 bits per heavy atom. The second-order valence-corrected chi connectivity index (χ2v) is 7.53. The van der Waals surface area contributed by atoms with Crippen LogP contribution in [-0.4, -0.2) is 36.6 Å². The van der Waals surface area contributed by atoms with Crippen LogP contribution < -0.4 is 15.5 Å². The van der Waals surface area contributed by atoms with Gasteiger partial charge in [0.2, 0.25) is 0 Å². The van der Waals surface area contributed by atoms with E-state index in [9.17, 15) is 8.78 Å². The van der Waals surface area contributed by atoms with Gasteiger partial charge in [-0.3, -0.25) is 0 Å². The molecule has 1 aromatic heterocycles. The molecule has 2 aromatic rings. The Balaban J connectivity index is 1.63. The van der Waals surface area contributed by atoms with E-state index in [1.807, 2.05) is 20.0 Å². The first kappa shape index (κ1) is 18.6. The van der Waals surface area contributed by atoms with Crippen LogP contribution in [0.2, 0.25) is 0 Å². The highest BCUT2D eigenvalue weighted by Crippen LogP contribution is 2.26. The molecule has 0 aliphatic carbocycles. The molecule has 1 fully saturated rings. The van der Waals surface area contributed by atoms with Crippen molar-refractivity contribution in [3.05, 3.63) is 45.9 Å². The van der Waals surface area contributed by atoms with Crippen molar-refractivity contribution in [2.24, 2.45) is 4.99 Å². The highest BCUT2D eigenvalue weighted by Gasteiger charge is 2.27. The molecule has 26 heavy (non-hydrogen) atoms. The smallest absolute Gasteiger partial charge is 0.191 e. The fourth-order valence-corrected chi connectivity index (χ4v) is 3.72. The predicted octanol–water partition coefficient (Wildman–Crippen LogP) is 3.06. The number of anilines is 1. The molecular weight excluding hydrogens is 356 g/mol. The van der Waals surface area contributed by atoms with Gasteiger partial charge in [-0.05, 0) is 32.4 Å². The van der Waals surface area contributed by atoms with Crippen LogP contribution in [0.25, 0.3) is 0 Å². The molecule has 1 aliphatic rings. The number of halogens is 2. The van der Waals surface area contributed by atoms with Crippen LogP contribution in [0.15, 0.2) is 29.4 Å². The number of hydrogen-bond donors (Lipinski definition) is 2. The number of thiazole rings is 1. The van der Waals surface area contributed by atoms with Crippen molar-refractivity contribution in [3.63, 3.8) is 0 Å². The van der Waals surface area contributed by atoms with Crippen LogP contribution >= 0.6 is 11.3 Å². The van der Waals surface area contributed by atoms with E-state index in [-0.39, 0.29) is 11.7 Å². The normalized spacial score (nSPS) is 17.6. The fraction of sp³-hybridized carbons (Fsp3) is 0.444. The van der Waals surface area contributed by atoms with E-state index in [2.05, 4.69) is 20.6 Å². The quantitative estimate of drug-likeness (QED) is 0.619. The van der Waals surface area contributed by atoms with Crippen molar-refractivity contribution in [1.29, 1.82) is 0 Å². The van der Waals surface area contributed by atoms with Crippen molar-refractivity contribution in [1.82, 2.24) is 15.6 Å². The third kappa shape index (κ3) is 4.49. The van der Waals surface area contributed by atoms with Gasteiger partial charge in [-0.25, -0.2) is 18.8 Å². The van der Waals surface area contributed by atoms with Crippen LogP contribution in [0.3, 0.4) is 0 Å². The first-order valence-electron chi connectivity index (χ1n) is 8.72. The molecule has 0 radical (unpaired) electrons. The summed E-state index contributed by atoms with van der Waals surface area (Å²) in [6.07, 6.45) is 2.63.